The molecule has 4 N–H and O–H groups in total. The van der Waals surface area contributed by atoms with Crippen LogP contribution in [0, 0.1) is 11.3 Å². The summed E-state index contributed by atoms with van der Waals surface area (Å²) in [5.74, 6) is -0.635. The molecule has 0 aliphatic carbocycles. The van der Waals surface area contributed by atoms with Crippen LogP contribution in [0.4, 0.5) is 10.5 Å². The number of amides is 2. The molecule has 0 saturated carbocycles. The fraction of sp³-hybridized carbons (Fsp3) is 0.450. The largest absolute Gasteiger partial charge is 0.444 e. The van der Waals surface area contributed by atoms with Crippen molar-refractivity contribution in [2.75, 3.05) is 18.4 Å². The number of nitrogens with zero attached hydrogens (tertiary/aromatic N) is 2. The molecule has 1 heterocycles. The number of carbonyl (C=O) groups is 2. The lowest BCUT2D eigenvalue weighted by Crippen LogP contribution is -2.45. The number of piperidine rings is 1. The Balaban J connectivity index is 1.89. The molecular weight excluding hydrogens is 422 g/mol. The van der Waals surface area contributed by atoms with Gasteiger partial charge in [0, 0.05) is 31.0 Å². The second-order valence-corrected chi connectivity index (χ2v) is 9.66. The molecule has 11 heteroatoms. The third-order valence-corrected chi connectivity index (χ3v) is 5.35. The SMILES string of the molecule is CC(C)(C)OC(=O)N1CCC(N/C=C(/C#N)C(=O)Nc2ccc(S(N)(=O)=O)cc2)CC1. The van der Waals surface area contributed by atoms with Crippen molar-refractivity contribution >= 4 is 27.7 Å². The predicted molar refractivity (Wildman–Crippen MR) is 114 cm³/mol. The number of anilines is 1. The molecule has 1 aliphatic rings. The van der Waals surface area contributed by atoms with Crippen molar-refractivity contribution in [3.8, 4) is 6.07 Å². The standard InChI is InChI=1S/C20H27N5O5S/c1-20(2,3)30-19(27)25-10-8-15(9-11-25)23-13-14(12-21)18(26)24-16-4-6-17(7-5-16)31(22,28)29/h4-7,13,15,23H,8-11H2,1-3H3,(H,24,26)(H2,22,28,29)/b14-13-. The first-order chi connectivity index (χ1) is 14.4. The number of sulfonamides is 1. The molecule has 1 saturated heterocycles. The summed E-state index contributed by atoms with van der Waals surface area (Å²) in [7, 11) is -3.83. The van der Waals surface area contributed by atoms with Gasteiger partial charge in [0.2, 0.25) is 10.0 Å². The van der Waals surface area contributed by atoms with Gasteiger partial charge in [-0.1, -0.05) is 0 Å². The highest BCUT2D eigenvalue weighted by Crippen LogP contribution is 2.16. The first-order valence-electron chi connectivity index (χ1n) is 9.67. The molecule has 0 aromatic heterocycles. The van der Waals surface area contributed by atoms with Gasteiger partial charge in [-0.15, -0.1) is 0 Å². The molecule has 10 nitrogen and oxygen atoms in total. The van der Waals surface area contributed by atoms with E-state index in [-0.39, 0.29) is 22.6 Å². The molecule has 1 fully saturated rings. The number of nitriles is 1. The van der Waals surface area contributed by atoms with Gasteiger partial charge in [0.15, 0.2) is 0 Å². The van der Waals surface area contributed by atoms with Crippen molar-refractivity contribution in [1.29, 1.82) is 5.26 Å². The lowest BCUT2D eigenvalue weighted by molar-refractivity contribution is -0.112. The van der Waals surface area contributed by atoms with Crippen LogP contribution >= 0.6 is 0 Å². The van der Waals surface area contributed by atoms with E-state index in [1.54, 1.807) is 4.90 Å². The highest BCUT2D eigenvalue weighted by molar-refractivity contribution is 7.89. The minimum Gasteiger partial charge on any atom is -0.444 e. The van der Waals surface area contributed by atoms with E-state index in [2.05, 4.69) is 10.6 Å². The molecule has 1 aromatic carbocycles. The van der Waals surface area contributed by atoms with Crippen LogP contribution in [0.15, 0.2) is 40.9 Å². The molecule has 1 aromatic rings. The highest BCUT2D eigenvalue weighted by atomic mass is 32.2. The van der Waals surface area contributed by atoms with E-state index >= 15 is 0 Å². The molecule has 2 rings (SSSR count). The molecule has 0 atom stereocenters. The molecule has 31 heavy (non-hydrogen) atoms. The summed E-state index contributed by atoms with van der Waals surface area (Å²) in [5.41, 5.74) is -0.364. The topological polar surface area (TPSA) is 155 Å². The van der Waals surface area contributed by atoms with Gasteiger partial charge in [0.05, 0.1) is 4.90 Å². The Bertz CT molecular complexity index is 982. The maximum Gasteiger partial charge on any atom is 0.410 e. The minimum absolute atomic E-state index is 0.00359. The second kappa shape index (κ2) is 9.80. The van der Waals surface area contributed by atoms with Crippen molar-refractivity contribution in [2.45, 2.75) is 50.2 Å². The third-order valence-electron chi connectivity index (χ3n) is 4.42. The number of hydrogen-bond acceptors (Lipinski definition) is 7. The summed E-state index contributed by atoms with van der Waals surface area (Å²) in [6.45, 7) is 6.45. The number of nitrogens with two attached hydrogens (primary N) is 1. The van der Waals surface area contributed by atoms with Crippen LogP contribution < -0.4 is 15.8 Å². The van der Waals surface area contributed by atoms with E-state index in [1.807, 2.05) is 26.8 Å². The smallest absolute Gasteiger partial charge is 0.410 e. The molecule has 2 amide bonds. The Kier molecular flexibility index (Phi) is 7.65. The number of nitrogens with one attached hydrogen (secondary N) is 2. The third kappa shape index (κ3) is 7.58. The number of rotatable bonds is 5. The molecule has 0 radical (unpaired) electrons. The Morgan fingerprint density at radius 1 is 1.23 bits per heavy atom. The molecule has 0 spiro atoms. The number of carbonyl (C=O) groups excluding carboxylic acids is 2. The zero-order valence-electron chi connectivity index (χ0n) is 17.7. The van der Waals surface area contributed by atoms with Crippen LogP contribution in [0.1, 0.15) is 33.6 Å². The summed E-state index contributed by atoms with van der Waals surface area (Å²) < 4.78 is 27.9. The quantitative estimate of drug-likeness (QED) is 0.456. The first-order valence-corrected chi connectivity index (χ1v) is 11.2. The Morgan fingerprint density at radius 3 is 2.29 bits per heavy atom. The van der Waals surface area contributed by atoms with Gasteiger partial charge in [-0.05, 0) is 57.9 Å². The number of primary sulfonamides is 1. The summed E-state index contributed by atoms with van der Waals surface area (Å²) in [6, 6.07) is 7.13. The van der Waals surface area contributed by atoms with Crippen LogP contribution in [0.3, 0.4) is 0 Å². The van der Waals surface area contributed by atoms with E-state index in [9.17, 15) is 23.3 Å². The first kappa shape index (κ1) is 24.2. The van der Waals surface area contributed by atoms with Crippen molar-refractivity contribution in [1.82, 2.24) is 10.2 Å². The highest BCUT2D eigenvalue weighted by Gasteiger charge is 2.26. The lowest BCUT2D eigenvalue weighted by atomic mass is 10.1. The monoisotopic (exact) mass is 449 g/mol. The van der Waals surface area contributed by atoms with Crippen molar-refractivity contribution < 1.29 is 22.7 Å². The Labute approximate surface area is 182 Å². The fourth-order valence-corrected chi connectivity index (χ4v) is 3.35. The van der Waals surface area contributed by atoms with Gasteiger partial charge in [0.25, 0.3) is 5.91 Å². The Morgan fingerprint density at radius 2 is 1.81 bits per heavy atom. The molecular formula is C20H27N5O5S. The molecule has 0 bridgehead atoms. The Hall–Kier alpha value is -3.10. The van der Waals surface area contributed by atoms with Crippen LogP contribution in [-0.4, -0.2) is 50.1 Å². The average Bonchev–Trinajstić information content (AvgIpc) is 2.67. The summed E-state index contributed by atoms with van der Waals surface area (Å²) >= 11 is 0. The van der Waals surface area contributed by atoms with Crippen LogP contribution in [-0.2, 0) is 19.6 Å². The van der Waals surface area contributed by atoms with Gasteiger partial charge in [-0.2, -0.15) is 5.26 Å². The second-order valence-electron chi connectivity index (χ2n) is 8.10. The van der Waals surface area contributed by atoms with Crippen molar-refractivity contribution in [3.05, 3.63) is 36.0 Å². The number of hydrogen-bond donors (Lipinski definition) is 3. The summed E-state index contributed by atoms with van der Waals surface area (Å²) in [4.78, 5) is 26.0. The minimum atomic E-state index is -3.83. The van der Waals surface area contributed by atoms with E-state index in [0.717, 1.165) is 0 Å². The fourth-order valence-electron chi connectivity index (χ4n) is 2.83. The lowest BCUT2D eigenvalue weighted by Gasteiger charge is -2.33. The number of benzene rings is 1. The van der Waals surface area contributed by atoms with E-state index < -0.39 is 21.5 Å². The zero-order valence-corrected chi connectivity index (χ0v) is 18.5. The van der Waals surface area contributed by atoms with Crippen LogP contribution in [0.2, 0.25) is 0 Å². The van der Waals surface area contributed by atoms with Gasteiger partial charge in [-0.25, -0.2) is 18.4 Å². The summed E-state index contributed by atoms with van der Waals surface area (Å²) in [5, 5.41) is 19.9. The normalized spacial score (nSPS) is 15.7. The number of likely N-dealkylation sites (tertiary alicyclic amines) is 1. The maximum absolute atomic E-state index is 12.3. The van der Waals surface area contributed by atoms with Crippen LogP contribution in [0.25, 0.3) is 0 Å². The van der Waals surface area contributed by atoms with E-state index in [0.29, 0.717) is 31.6 Å². The molecule has 168 valence electrons. The van der Waals surface area contributed by atoms with E-state index in [4.69, 9.17) is 9.88 Å². The van der Waals surface area contributed by atoms with Gasteiger partial charge >= 0.3 is 6.09 Å². The predicted octanol–water partition coefficient (Wildman–Crippen LogP) is 1.67. The molecule has 0 unspecified atom stereocenters. The molecule has 1 aliphatic heterocycles. The van der Waals surface area contributed by atoms with Gasteiger partial charge < -0.3 is 20.3 Å². The van der Waals surface area contributed by atoms with Crippen LogP contribution in [0.5, 0.6) is 0 Å². The van der Waals surface area contributed by atoms with Gasteiger partial charge in [-0.3, -0.25) is 4.79 Å². The average molecular weight is 450 g/mol. The zero-order chi connectivity index (χ0) is 23.2. The van der Waals surface area contributed by atoms with Gasteiger partial charge in [0.1, 0.15) is 17.2 Å². The number of ether oxygens (including phenoxy) is 1. The summed E-state index contributed by atoms with van der Waals surface area (Å²) in [6.07, 6.45) is 2.28. The van der Waals surface area contributed by atoms with Crippen molar-refractivity contribution in [3.63, 3.8) is 0 Å². The van der Waals surface area contributed by atoms with Crippen molar-refractivity contribution in [2.24, 2.45) is 5.14 Å². The van der Waals surface area contributed by atoms with E-state index in [1.165, 1.54) is 30.5 Å². The maximum atomic E-state index is 12.3.